The first-order valence-corrected chi connectivity index (χ1v) is 4.53. The fourth-order valence-corrected chi connectivity index (χ4v) is 1.19. The van der Waals surface area contributed by atoms with Gasteiger partial charge in [0.05, 0.1) is 12.5 Å². The highest BCUT2D eigenvalue weighted by Crippen LogP contribution is 2.20. The van der Waals surface area contributed by atoms with E-state index in [2.05, 4.69) is 10.3 Å². The van der Waals surface area contributed by atoms with Crippen molar-refractivity contribution in [1.29, 1.82) is 0 Å². The molecule has 2 rings (SSSR count). The highest BCUT2D eigenvalue weighted by molar-refractivity contribution is 5.47. The van der Waals surface area contributed by atoms with E-state index in [0.717, 1.165) is 18.9 Å². The first-order chi connectivity index (χ1) is 6.90. The van der Waals surface area contributed by atoms with Gasteiger partial charge in [-0.2, -0.15) is 0 Å². The highest BCUT2D eigenvalue weighted by atomic mass is 16.4. The number of hydrogen-bond acceptors (Lipinski definition) is 4. The maximum Gasteiger partial charge on any atom is 0.196 e. The van der Waals surface area contributed by atoms with Crippen molar-refractivity contribution in [2.24, 2.45) is 0 Å². The molecule has 2 aromatic rings. The fraction of sp³-hybridized carbons (Fsp3) is 0.300. The molecule has 0 bridgehead atoms. The molecule has 0 spiro atoms. The van der Waals surface area contributed by atoms with Crippen molar-refractivity contribution in [2.45, 2.75) is 6.42 Å². The van der Waals surface area contributed by atoms with Crippen LogP contribution in [0.5, 0.6) is 0 Å². The van der Waals surface area contributed by atoms with Gasteiger partial charge < -0.3 is 14.2 Å². The van der Waals surface area contributed by atoms with E-state index >= 15 is 0 Å². The molecule has 14 heavy (non-hydrogen) atoms. The Labute approximate surface area is 81.9 Å². The summed E-state index contributed by atoms with van der Waals surface area (Å²) in [5.41, 5.74) is 0. The van der Waals surface area contributed by atoms with Gasteiger partial charge in [-0.05, 0) is 19.2 Å². The van der Waals surface area contributed by atoms with Crippen LogP contribution in [0.1, 0.15) is 5.89 Å². The summed E-state index contributed by atoms with van der Waals surface area (Å²) in [6, 6.07) is 3.67. The third-order valence-corrected chi connectivity index (χ3v) is 1.91. The molecule has 0 atom stereocenters. The molecular weight excluding hydrogens is 180 g/mol. The van der Waals surface area contributed by atoms with E-state index in [1.54, 1.807) is 12.5 Å². The van der Waals surface area contributed by atoms with Gasteiger partial charge in [0.2, 0.25) is 0 Å². The largest absolute Gasteiger partial charge is 0.461 e. The molecule has 0 radical (unpaired) electrons. The van der Waals surface area contributed by atoms with Crippen molar-refractivity contribution in [3.8, 4) is 11.5 Å². The zero-order valence-corrected chi connectivity index (χ0v) is 7.99. The second-order valence-electron chi connectivity index (χ2n) is 2.95. The predicted octanol–water partition coefficient (Wildman–Crippen LogP) is 1.70. The van der Waals surface area contributed by atoms with Gasteiger partial charge in [-0.25, -0.2) is 4.98 Å². The van der Waals surface area contributed by atoms with E-state index in [-0.39, 0.29) is 0 Å². The molecular formula is C10H12N2O2. The van der Waals surface area contributed by atoms with E-state index in [9.17, 15) is 0 Å². The van der Waals surface area contributed by atoms with Gasteiger partial charge >= 0.3 is 0 Å². The summed E-state index contributed by atoms with van der Waals surface area (Å²) in [5.74, 6) is 2.13. The van der Waals surface area contributed by atoms with Crippen LogP contribution in [0.25, 0.3) is 11.5 Å². The fourth-order valence-electron chi connectivity index (χ4n) is 1.19. The minimum Gasteiger partial charge on any atom is -0.461 e. The SMILES string of the molecule is CNCCc1ncc(-c2ccco2)o1. The number of aromatic nitrogens is 1. The Morgan fingerprint density at radius 3 is 3.07 bits per heavy atom. The lowest BCUT2D eigenvalue weighted by Gasteiger charge is -1.93. The van der Waals surface area contributed by atoms with E-state index in [0.29, 0.717) is 11.5 Å². The lowest BCUT2D eigenvalue weighted by molar-refractivity contribution is 0.478. The molecule has 74 valence electrons. The smallest absolute Gasteiger partial charge is 0.196 e. The van der Waals surface area contributed by atoms with Crippen LogP contribution in [0.3, 0.4) is 0 Å². The molecule has 0 aliphatic heterocycles. The normalized spacial score (nSPS) is 10.6. The summed E-state index contributed by atoms with van der Waals surface area (Å²) in [5, 5.41) is 3.04. The summed E-state index contributed by atoms with van der Waals surface area (Å²) < 4.78 is 10.7. The van der Waals surface area contributed by atoms with Crippen molar-refractivity contribution in [3.05, 3.63) is 30.5 Å². The quantitative estimate of drug-likeness (QED) is 0.801. The Balaban J connectivity index is 2.10. The lowest BCUT2D eigenvalue weighted by atomic mass is 10.4. The highest BCUT2D eigenvalue weighted by Gasteiger charge is 2.07. The van der Waals surface area contributed by atoms with Crippen LogP contribution in [-0.2, 0) is 6.42 Å². The second kappa shape index (κ2) is 4.11. The van der Waals surface area contributed by atoms with Gasteiger partial charge in [-0.1, -0.05) is 0 Å². The van der Waals surface area contributed by atoms with Crippen LogP contribution in [-0.4, -0.2) is 18.6 Å². The number of nitrogens with zero attached hydrogens (tertiary/aromatic N) is 1. The first-order valence-electron chi connectivity index (χ1n) is 4.53. The number of oxazole rings is 1. The van der Waals surface area contributed by atoms with Gasteiger partial charge in [0, 0.05) is 13.0 Å². The summed E-state index contributed by atoms with van der Waals surface area (Å²) in [4.78, 5) is 4.14. The topological polar surface area (TPSA) is 51.2 Å². The third-order valence-electron chi connectivity index (χ3n) is 1.91. The predicted molar refractivity (Wildman–Crippen MR) is 51.8 cm³/mol. The maximum absolute atomic E-state index is 5.49. The van der Waals surface area contributed by atoms with Crippen LogP contribution in [0.15, 0.2) is 33.4 Å². The van der Waals surface area contributed by atoms with E-state index in [1.807, 2.05) is 19.2 Å². The van der Waals surface area contributed by atoms with Gasteiger partial charge in [-0.15, -0.1) is 0 Å². The van der Waals surface area contributed by atoms with E-state index < -0.39 is 0 Å². The molecule has 4 nitrogen and oxygen atoms in total. The van der Waals surface area contributed by atoms with Crippen LogP contribution in [0.4, 0.5) is 0 Å². The van der Waals surface area contributed by atoms with Gasteiger partial charge in [0.1, 0.15) is 0 Å². The van der Waals surface area contributed by atoms with Crippen LogP contribution >= 0.6 is 0 Å². The van der Waals surface area contributed by atoms with Gasteiger partial charge in [0.25, 0.3) is 0 Å². The zero-order valence-electron chi connectivity index (χ0n) is 7.99. The van der Waals surface area contributed by atoms with Gasteiger partial charge in [0.15, 0.2) is 17.4 Å². The van der Waals surface area contributed by atoms with Gasteiger partial charge in [-0.3, -0.25) is 0 Å². The molecule has 1 N–H and O–H groups in total. The maximum atomic E-state index is 5.49. The molecule has 0 fully saturated rings. The number of furan rings is 1. The standard InChI is InChI=1S/C10H12N2O2/c1-11-5-4-10-12-7-9(14-10)8-3-2-6-13-8/h2-3,6-7,11H,4-5H2,1H3. The zero-order chi connectivity index (χ0) is 9.80. The van der Waals surface area contributed by atoms with Crippen molar-refractivity contribution < 1.29 is 8.83 Å². The molecule has 0 saturated carbocycles. The summed E-state index contributed by atoms with van der Waals surface area (Å²) in [7, 11) is 1.90. The van der Waals surface area contributed by atoms with Crippen molar-refractivity contribution in [3.63, 3.8) is 0 Å². The summed E-state index contributed by atoms with van der Waals surface area (Å²) >= 11 is 0. The Kier molecular flexibility index (Phi) is 2.65. The molecule has 0 aliphatic carbocycles. The molecule has 0 aromatic carbocycles. The monoisotopic (exact) mass is 192 g/mol. The lowest BCUT2D eigenvalue weighted by Crippen LogP contribution is -2.10. The Hall–Kier alpha value is -1.55. The minimum atomic E-state index is 0.682. The number of likely N-dealkylation sites (N-methyl/N-ethyl adjacent to an activating group) is 1. The Morgan fingerprint density at radius 2 is 2.36 bits per heavy atom. The first kappa shape index (κ1) is 9.02. The third kappa shape index (κ3) is 1.85. The van der Waals surface area contributed by atoms with Crippen LogP contribution in [0.2, 0.25) is 0 Å². The van der Waals surface area contributed by atoms with Crippen LogP contribution in [0, 0.1) is 0 Å². The number of hydrogen-bond donors (Lipinski definition) is 1. The van der Waals surface area contributed by atoms with Crippen molar-refractivity contribution in [1.82, 2.24) is 10.3 Å². The van der Waals surface area contributed by atoms with Crippen LogP contribution < -0.4 is 5.32 Å². The average molecular weight is 192 g/mol. The minimum absolute atomic E-state index is 0.682. The molecule has 0 saturated heterocycles. The Bertz CT molecular complexity index is 378. The summed E-state index contributed by atoms with van der Waals surface area (Å²) in [6.07, 6.45) is 4.09. The van der Waals surface area contributed by atoms with E-state index in [4.69, 9.17) is 8.83 Å². The van der Waals surface area contributed by atoms with Crippen molar-refractivity contribution >= 4 is 0 Å². The molecule has 2 aromatic heterocycles. The average Bonchev–Trinajstić information content (AvgIpc) is 2.85. The number of nitrogens with one attached hydrogen (secondary N) is 1. The second-order valence-corrected chi connectivity index (χ2v) is 2.95. The number of rotatable bonds is 4. The molecule has 2 heterocycles. The molecule has 4 heteroatoms. The molecule has 0 unspecified atom stereocenters. The summed E-state index contributed by atoms with van der Waals surface area (Å²) in [6.45, 7) is 0.859. The molecule has 0 aliphatic rings. The Morgan fingerprint density at radius 1 is 1.43 bits per heavy atom. The van der Waals surface area contributed by atoms with E-state index in [1.165, 1.54) is 0 Å². The molecule has 0 amide bonds. The van der Waals surface area contributed by atoms with Crippen molar-refractivity contribution in [2.75, 3.05) is 13.6 Å².